The van der Waals surface area contributed by atoms with Gasteiger partial charge in [0.1, 0.15) is 0 Å². The van der Waals surface area contributed by atoms with E-state index in [9.17, 15) is 9.59 Å². The number of hydrogen-bond acceptors (Lipinski definition) is 4. The van der Waals surface area contributed by atoms with E-state index in [1.807, 2.05) is 55.5 Å². The molecule has 1 amide bonds. The summed E-state index contributed by atoms with van der Waals surface area (Å²) in [4.78, 5) is 25.3. The Bertz CT molecular complexity index is 1040. The average molecular weight is 389 g/mol. The second-order valence-corrected chi connectivity index (χ2v) is 7.38. The minimum absolute atomic E-state index is 0.327. The first-order chi connectivity index (χ1) is 14.0. The third kappa shape index (κ3) is 4.37. The molecular formula is C23H23N3O3. The van der Waals surface area contributed by atoms with Crippen molar-refractivity contribution in [3.63, 3.8) is 0 Å². The normalized spacial score (nSPS) is 14.3. The summed E-state index contributed by atoms with van der Waals surface area (Å²) in [5.41, 5.74) is 3.70. The maximum Gasteiger partial charge on any atom is 0.357 e. The van der Waals surface area contributed by atoms with Crippen LogP contribution in [0.3, 0.4) is 0 Å². The van der Waals surface area contributed by atoms with Crippen molar-refractivity contribution in [1.82, 2.24) is 9.78 Å². The summed E-state index contributed by atoms with van der Waals surface area (Å²) >= 11 is 0. The summed E-state index contributed by atoms with van der Waals surface area (Å²) in [7, 11) is 0. The summed E-state index contributed by atoms with van der Waals surface area (Å²) in [6.45, 7) is 3.51. The first-order valence-electron chi connectivity index (χ1n) is 9.75. The van der Waals surface area contributed by atoms with Crippen LogP contribution in [0.25, 0.3) is 5.69 Å². The van der Waals surface area contributed by atoms with E-state index in [0.29, 0.717) is 17.3 Å². The summed E-state index contributed by atoms with van der Waals surface area (Å²) in [6.07, 6.45) is 1.22. The number of hydrogen-bond donors (Lipinski definition) is 1. The minimum Gasteiger partial charge on any atom is -0.448 e. The van der Waals surface area contributed by atoms with Gasteiger partial charge in [-0.05, 0) is 62.6 Å². The fourth-order valence-corrected chi connectivity index (χ4v) is 3.13. The zero-order valence-electron chi connectivity index (χ0n) is 16.5. The van der Waals surface area contributed by atoms with Crippen LogP contribution in [0, 0.1) is 6.92 Å². The number of carbonyl (C=O) groups excluding carboxylic acids is 2. The molecule has 1 aliphatic carbocycles. The quantitative estimate of drug-likeness (QED) is 0.640. The van der Waals surface area contributed by atoms with E-state index in [2.05, 4.69) is 10.4 Å². The van der Waals surface area contributed by atoms with Gasteiger partial charge in [0.2, 0.25) is 0 Å². The van der Waals surface area contributed by atoms with E-state index in [4.69, 9.17) is 4.74 Å². The molecule has 0 spiro atoms. The number of rotatable bonds is 6. The standard InChI is InChI=1S/C23H23N3O3/c1-15-7-6-8-18(13-15)24-22(27)16(2)29-23(28)21-14-20(17-11-12-17)25-26(21)19-9-4-3-5-10-19/h3-10,13-14,16-17H,11-12H2,1-2H3,(H,24,27)/t16-/m1/s1. The van der Waals surface area contributed by atoms with Crippen molar-refractivity contribution in [3.05, 3.63) is 77.6 Å². The Labute approximate surface area is 169 Å². The SMILES string of the molecule is Cc1cccc(NC(=O)[C@@H](C)OC(=O)c2cc(C3CC3)nn2-c2ccccc2)c1. The Morgan fingerprint density at radius 2 is 1.86 bits per heavy atom. The predicted molar refractivity (Wildman–Crippen MR) is 110 cm³/mol. The molecule has 1 N–H and O–H groups in total. The number of nitrogens with zero attached hydrogens (tertiary/aromatic N) is 2. The van der Waals surface area contributed by atoms with Crippen LogP contribution < -0.4 is 5.32 Å². The van der Waals surface area contributed by atoms with E-state index in [1.54, 1.807) is 23.7 Å². The Hall–Kier alpha value is -3.41. The van der Waals surface area contributed by atoms with E-state index in [1.165, 1.54) is 0 Å². The monoisotopic (exact) mass is 389 g/mol. The summed E-state index contributed by atoms with van der Waals surface area (Å²) in [5, 5.41) is 7.39. The maximum absolute atomic E-state index is 12.9. The third-order valence-corrected chi connectivity index (χ3v) is 4.87. The molecule has 0 aliphatic heterocycles. The Kier molecular flexibility index (Phi) is 5.16. The molecular weight excluding hydrogens is 366 g/mol. The molecule has 1 saturated carbocycles. The van der Waals surface area contributed by atoms with E-state index in [-0.39, 0.29) is 5.91 Å². The molecule has 6 heteroatoms. The zero-order valence-corrected chi connectivity index (χ0v) is 16.5. The first kappa shape index (κ1) is 18.9. The molecule has 1 heterocycles. The van der Waals surface area contributed by atoms with E-state index in [0.717, 1.165) is 29.8 Å². The molecule has 148 valence electrons. The zero-order chi connectivity index (χ0) is 20.4. The largest absolute Gasteiger partial charge is 0.448 e. The fourth-order valence-electron chi connectivity index (χ4n) is 3.13. The minimum atomic E-state index is -0.938. The third-order valence-electron chi connectivity index (χ3n) is 4.87. The van der Waals surface area contributed by atoms with Gasteiger partial charge in [0.15, 0.2) is 11.8 Å². The molecule has 0 unspecified atom stereocenters. The summed E-state index contributed by atoms with van der Waals surface area (Å²) < 4.78 is 7.06. The highest BCUT2D eigenvalue weighted by molar-refractivity contribution is 5.97. The highest BCUT2D eigenvalue weighted by Gasteiger charge is 2.30. The highest BCUT2D eigenvalue weighted by atomic mass is 16.5. The van der Waals surface area contributed by atoms with Crippen LogP contribution in [0.2, 0.25) is 0 Å². The number of aryl methyl sites for hydroxylation is 1. The number of esters is 1. The van der Waals surface area contributed by atoms with Gasteiger partial charge in [0.25, 0.3) is 5.91 Å². The molecule has 6 nitrogen and oxygen atoms in total. The number of ether oxygens (including phenoxy) is 1. The van der Waals surface area contributed by atoms with Crippen molar-refractivity contribution in [2.45, 2.75) is 38.7 Å². The Morgan fingerprint density at radius 3 is 2.55 bits per heavy atom. The number of para-hydroxylation sites is 1. The van der Waals surface area contributed by atoms with Crippen LogP contribution in [0.15, 0.2) is 60.7 Å². The van der Waals surface area contributed by atoms with Crippen LogP contribution >= 0.6 is 0 Å². The molecule has 3 aromatic rings. The first-order valence-corrected chi connectivity index (χ1v) is 9.75. The molecule has 0 radical (unpaired) electrons. The lowest BCUT2D eigenvalue weighted by molar-refractivity contribution is -0.123. The van der Waals surface area contributed by atoms with Crippen LogP contribution in [0.4, 0.5) is 5.69 Å². The lowest BCUT2D eigenvalue weighted by atomic mass is 10.2. The summed E-state index contributed by atoms with van der Waals surface area (Å²) in [6, 6.07) is 18.7. The van der Waals surface area contributed by atoms with Crippen molar-refractivity contribution in [2.75, 3.05) is 5.32 Å². The van der Waals surface area contributed by atoms with Gasteiger partial charge in [-0.1, -0.05) is 30.3 Å². The Morgan fingerprint density at radius 1 is 1.10 bits per heavy atom. The average Bonchev–Trinajstić information content (AvgIpc) is 3.46. The molecule has 0 bridgehead atoms. The molecule has 4 rings (SSSR count). The predicted octanol–water partition coefficient (Wildman–Crippen LogP) is 4.24. The highest BCUT2D eigenvalue weighted by Crippen LogP contribution is 2.39. The van der Waals surface area contributed by atoms with Gasteiger partial charge in [-0.2, -0.15) is 5.10 Å². The van der Waals surface area contributed by atoms with Crippen molar-refractivity contribution in [2.24, 2.45) is 0 Å². The van der Waals surface area contributed by atoms with Gasteiger partial charge in [-0.25, -0.2) is 9.48 Å². The lowest BCUT2D eigenvalue weighted by Crippen LogP contribution is -2.30. The summed E-state index contributed by atoms with van der Waals surface area (Å²) in [5.74, 6) is -0.550. The van der Waals surface area contributed by atoms with Crippen LogP contribution in [-0.4, -0.2) is 27.8 Å². The van der Waals surface area contributed by atoms with Gasteiger partial charge < -0.3 is 10.1 Å². The number of anilines is 1. The smallest absolute Gasteiger partial charge is 0.357 e. The second-order valence-electron chi connectivity index (χ2n) is 7.38. The van der Waals surface area contributed by atoms with Crippen LogP contribution in [-0.2, 0) is 9.53 Å². The lowest BCUT2D eigenvalue weighted by Gasteiger charge is -2.14. The molecule has 0 saturated heterocycles. The van der Waals surface area contributed by atoms with Gasteiger partial charge in [-0.15, -0.1) is 0 Å². The molecule has 1 aliphatic rings. The van der Waals surface area contributed by atoms with E-state index >= 15 is 0 Å². The molecule has 1 aromatic heterocycles. The van der Waals surface area contributed by atoms with E-state index < -0.39 is 12.1 Å². The second kappa shape index (κ2) is 7.91. The van der Waals surface area contributed by atoms with Gasteiger partial charge >= 0.3 is 5.97 Å². The van der Waals surface area contributed by atoms with Crippen molar-refractivity contribution < 1.29 is 14.3 Å². The number of carbonyl (C=O) groups is 2. The number of nitrogens with one attached hydrogen (secondary N) is 1. The molecule has 1 atom stereocenters. The molecule has 29 heavy (non-hydrogen) atoms. The number of benzene rings is 2. The van der Waals surface area contributed by atoms with Crippen LogP contribution in [0.5, 0.6) is 0 Å². The molecule has 1 fully saturated rings. The molecule has 2 aromatic carbocycles. The van der Waals surface area contributed by atoms with Crippen molar-refractivity contribution in [1.29, 1.82) is 0 Å². The Balaban J connectivity index is 1.51. The maximum atomic E-state index is 12.9. The van der Waals surface area contributed by atoms with Gasteiger partial charge in [0, 0.05) is 11.6 Å². The number of amides is 1. The van der Waals surface area contributed by atoms with Gasteiger partial charge in [0.05, 0.1) is 11.4 Å². The van der Waals surface area contributed by atoms with Crippen molar-refractivity contribution in [3.8, 4) is 5.69 Å². The fraction of sp³-hybridized carbons (Fsp3) is 0.261. The van der Waals surface area contributed by atoms with Crippen molar-refractivity contribution >= 4 is 17.6 Å². The van der Waals surface area contributed by atoms with Crippen LogP contribution in [0.1, 0.15) is 47.4 Å². The van der Waals surface area contributed by atoms with Gasteiger partial charge in [-0.3, -0.25) is 4.79 Å². The number of aromatic nitrogens is 2. The topological polar surface area (TPSA) is 73.2 Å².